The van der Waals surface area contributed by atoms with Gasteiger partial charge in [-0.15, -0.1) is 0 Å². The second-order valence-corrected chi connectivity index (χ2v) is 5.54. The molecule has 0 aliphatic carbocycles. The summed E-state index contributed by atoms with van der Waals surface area (Å²) < 4.78 is 5.67. The Kier molecular flexibility index (Phi) is 4.04. The molecule has 104 valence electrons. The molecule has 0 saturated carbocycles. The highest BCUT2D eigenvalue weighted by molar-refractivity contribution is 5.39. The fourth-order valence-corrected chi connectivity index (χ4v) is 3.31. The first kappa shape index (κ1) is 12.9. The van der Waals surface area contributed by atoms with E-state index in [1.807, 2.05) is 6.92 Å². The summed E-state index contributed by atoms with van der Waals surface area (Å²) in [6, 6.07) is 7.12. The van der Waals surface area contributed by atoms with E-state index in [4.69, 9.17) is 4.74 Å². The molecule has 0 unspecified atom stereocenters. The lowest BCUT2D eigenvalue weighted by Gasteiger charge is -2.38. The van der Waals surface area contributed by atoms with Crippen LogP contribution >= 0.6 is 0 Å². The molecule has 0 bridgehead atoms. The average Bonchev–Trinajstić information content (AvgIpc) is 2.48. The second-order valence-electron chi connectivity index (χ2n) is 5.54. The molecule has 1 N–H and O–H groups in total. The van der Waals surface area contributed by atoms with Crippen LogP contribution in [0.2, 0.25) is 0 Å². The zero-order valence-corrected chi connectivity index (χ0v) is 11.8. The van der Waals surface area contributed by atoms with E-state index in [-0.39, 0.29) is 0 Å². The summed E-state index contributed by atoms with van der Waals surface area (Å²) in [5, 5.41) is 3.56. The molecule has 19 heavy (non-hydrogen) atoms. The van der Waals surface area contributed by atoms with Gasteiger partial charge in [0, 0.05) is 19.1 Å². The largest absolute Gasteiger partial charge is 0.494 e. The number of hydrogen-bond acceptors (Lipinski definition) is 3. The van der Waals surface area contributed by atoms with E-state index >= 15 is 0 Å². The molecule has 1 fully saturated rings. The first-order valence-corrected chi connectivity index (χ1v) is 7.59. The first-order valence-electron chi connectivity index (χ1n) is 7.59. The molecule has 0 aromatic heterocycles. The fourth-order valence-electron chi connectivity index (χ4n) is 3.31. The molecule has 3 heteroatoms. The summed E-state index contributed by atoms with van der Waals surface area (Å²) in [5.41, 5.74) is 2.91. The standard InChI is InChI=1S/C16H24N2O/c1-2-19-14-7-6-13-11-17-12-16(15(13)10-14)18-8-4-3-5-9-18/h6-7,10,16-17H,2-5,8-9,11-12H2,1H3/t16-/m0/s1. The maximum Gasteiger partial charge on any atom is 0.119 e. The number of piperidine rings is 1. The third kappa shape index (κ3) is 2.77. The highest BCUT2D eigenvalue weighted by Gasteiger charge is 2.27. The Balaban J connectivity index is 1.86. The van der Waals surface area contributed by atoms with Crippen LogP contribution in [0, 0.1) is 0 Å². The summed E-state index contributed by atoms with van der Waals surface area (Å²) in [6.07, 6.45) is 4.08. The molecule has 0 amide bonds. The van der Waals surface area contributed by atoms with E-state index in [1.54, 1.807) is 0 Å². The molecular weight excluding hydrogens is 236 g/mol. The van der Waals surface area contributed by atoms with Crippen LogP contribution in [0.1, 0.15) is 43.4 Å². The number of ether oxygens (including phenoxy) is 1. The average molecular weight is 260 g/mol. The van der Waals surface area contributed by atoms with E-state index in [2.05, 4.69) is 28.4 Å². The van der Waals surface area contributed by atoms with Gasteiger partial charge in [-0.25, -0.2) is 0 Å². The lowest BCUT2D eigenvalue weighted by atomic mass is 9.93. The number of hydrogen-bond donors (Lipinski definition) is 1. The third-order valence-corrected chi connectivity index (χ3v) is 4.27. The second kappa shape index (κ2) is 5.93. The molecule has 1 aromatic carbocycles. The van der Waals surface area contributed by atoms with E-state index in [1.165, 1.54) is 43.5 Å². The van der Waals surface area contributed by atoms with Crippen molar-refractivity contribution in [3.8, 4) is 5.75 Å². The van der Waals surface area contributed by atoms with Crippen LogP contribution in [0.3, 0.4) is 0 Å². The lowest BCUT2D eigenvalue weighted by Crippen LogP contribution is -2.42. The van der Waals surface area contributed by atoms with Gasteiger partial charge in [0.1, 0.15) is 5.75 Å². The molecule has 1 aromatic rings. The monoisotopic (exact) mass is 260 g/mol. The number of likely N-dealkylation sites (tertiary alicyclic amines) is 1. The van der Waals surface area contributed by atoms with Gasteiger partial charge in [-0.1, -0.05) is 12.5 Å². The predicted octanol–water partition coefficient (Wildman–Crippen LogP) is 2.72. The Labute approximate surface area is 115 Å². The van der Waals surface area contributed by atoms with Gasteiger partial charge < -0.3 is 10.1 Å². The van der Waals surface area contributed by atoms with E-state index in [9.17, 15) is 0 Å². The Bertz CT molecular complexity index is 427. The summed E-state index contributed by atoms with van der Waals surface area (Å²) in [5.74, 6) is 1.02. The van der Waals surface area contributed by atoms with Crippen LogP contribution in [0.15, 0.2) is 18.2 Å². The van der Waals surface area contributed by atoms with Gasteiger partial charge in [0.05, 0.1) is 6.61 Å². The number of fused-ring (bicyclic) bond motifs is 1. The van der Waals surface area contributed by atoms with Crippen LogP contribution in [0.4, 0.5) is 0 Å². The van der Waals surface area contributed by atoms with Crippen LogP contribution in [0.5, 0.6) is 5.75 Å². The van der Waals surface area contributed by atoms with Crippen molar-refractivity contribution in [3.05, 3.63) is 29.3 Å². The van der Waals surface area contributed by atoms with Gasteiger partial charge in [-0.2, -0.15) is 0 Å². The van der Waals surface area contributed by atoms with Gasteiger partial charge in [0.15, 0.2) is 0 Å². The Morgan fingerprint density at radius 2 is 2.11 bits per heavy atom. The van der Waals surface area contributed by atoms with Gasteiger partial charge in [-0.3, -0.25) is 4.90 Å². The van der Waals surface area contributed by atoms with Crippen LogP contribution in [-0.4, -0.2) is 31.1 Å². The maximum absolute atomic E-state index is 5.67. The van der Waals surface area contributed by atoms with Gasteiger partial charge in [0.25, 0.3) is 0 Å². The minimum atomic E-state index is 0.532. The van der Waals surface area contributed by atoms with Gasteiger partial charge >= 0.3 is 0 Å². The molecule has 2 aliphatic heterocycles. The van der Waals surface area contributed by atoms with E-state index < -0.39 is 0 Å². The molecule has 3 nitrogen and oxygen atoms in total. The summed E-state index contributed by atoms with van der Waals surface area (Å²) in [7, 11) is 0. The fraction of sp³-hybridized carbons (Fsp3) is 0.625. The van der Waals surface area contributed by atoms with Crippen molar-refractivity contribution in [3.63, 3.8) is 0 Å². The number of nitrogens with one attached hydrogen (secondary N) is 1. The SMILES string of the molecule is CCOc1ccc2c(c1)[C@@H](N1CCCCC1)CNC2. The van der Waals surface area contributed by atoms with Crippen molar-refractivity contribution in [2.24, 2.45) is 0 Å². The molecule has 1 atom stereocenters. The molecule has 1 saturated heterocycles. The van der Waals surface area contributed by atoms with Gasteiger partial charge in [0.2, 0.25) is 0 Å². The van der Waals surface area contributed by atoms with Crippen LogP contribution in [0.25, 0.3) is 0 Å². The minimum absolute atomic E-state index is 0.532. The molecule has 2 aliphatic rings. The van der Waals surface area contributed by atoms with Crippen molar-refractivity contribution in [1.29, 1.82) is 0 Å². The lowest BCUT2D eigenvalue weighted by molar-refractivity contribution is 0.154. The normalized spacial score (nSPS) is 23.9. The summed E-state index contributed by atoms with van der Waals surface area (Å²) >= 11 is 0. The number of rotatable bonds is 3. The number of nitrogens with zero attached hydrogens (tertiary/aromatic N) is 1. The summed E-state index contributed by atoms with van der Waals surface area (Å²) in [6.45, 7) is 7.33. The van der Waals surface area contributed by atoms with Crippen molar-refractivity contribution in [1.82, 2.24) is 10.2 Å². The molecule has 0 radical (unpaired) electrons. The predicted molar refractivity (Wildman–Crippen MR) is 77.5 cm³/mol. The van der Waals surface area contributed by atoms with Crippen molar-refractivity contribution in [2.75, 3.05) is 26.2 Å². The Hall–Kier alpha value is -1.06. The van der Waals surface area contributed by atoms with Crippen molar-refractivity contribution < 1.29 is 4.74 Å². The van der Waals surface area contributed by atoms with Crippen molar-refractivity contribution >= 4 is 0 Å². The molecular formula is C16H24N2O. The zero-order chi connectivity index (χ0) is 13.1. The highest BCUT2D eigenvalue weighted by atomic mass is 16.5. The first-order chi connectivity index (χ1) is 9.38. The van der Waals surface area contributed by atoms with E-state index in [0.717, 1.165) is 25.4 Å². The Morgan fingerprint density at radius 3 is 2.89 bits per heavy atom. The van der Waals surface area contributed by atoms with Crippen LogP contribution < -0.4 is 10.1 Å². The third-order valence-electron chi connectivity index (χ3n) is 4.27. The topological polar surface area (TPSA) is 24.5 Å². The molecule has 2 heterocycles. The Morgan fingerprint density at radius 1 is 1.26 bits per heavy atom. The zero-order valence-electron chi connectivity index (χ0n) is 11.8. The quantitative estimate of drug-likeness (QED) is 0.904. The van der Waals surface area contributed by atoms with E-state index in [0.29, 0.717) is 6.04 Å². The number of benzene rings is 1. The maximum atomic E-state index is 5.67. The molecule has 3 rings (SSSR count). The minimum Gasteiger partial charge on any atom is -0.494 e. The van der Waals surface area contributed by atoms with Gasteiger partial charge in [-0.05, 0) is 56.1 Å². The summed E-state index contributed by atoms with van der Waals surface area (Å²) in [4.78, 5) is 2.64. The smallest absolute Gasteiger partial charge is 0.119 e. The highest BCUT2D eigenvalue weighted by Crippen LogP contribution is 2.32. The van der Waals surface area contributed by atoms with Crippen molar-refractivity contribution in [2.45, 2.75) is 38.8 Å². The van der Waals surface area contributed by atoms with Crippen LogP contribution in [-0.2, 0) is 6.54 Å². The molecule has 0 spiro atoms.